The van der Waals surface area contributed by atoms with Crippen LogP contribution >= 0.6 is 34.8 Å². The quantitative estimate of drug-likeness (QED) is 0.631. The second-order valence-electron chi connectivity index (χ2n) is 2.78. The van der Waals surface area contributed by atoms with Crippen molar-refractivity contribution in [2.45, 2.75) is 6.42 Å². The van der Waals surface area contributed by atoms with Crippen LogP contribution in [0.15, 0.2) is 18.2 Å². The molecule has 0 radical (unpaired) electrons. The molecule has 2 N–H and O–H groups in total. The first-order valence-electron chi connectivity index (χ1n) is 4.12. The largest absolute Gasteiger partial charge is 0.397 e. The zero-order valence-electron chi connectivity index (χ0n) is 7.43. The summed E-state index contributed by atoms with van der Waals surface area (Å²) in [7, 11) is 0. The first kappa shape index (κ1) is 11.7. The molecule has 0 saturated heterocycles. The molecule has 76 valence electrons. The molecular weight excluding hydrogens is 240 g/mol. The van der Waals surface area contributed by atoms with Crippen LogP contribution < -0.4 is 5.73 Å². The predicted molar refractivity (Wildman–Crippen MR) is 65.2 cm³/mol. The molecule has 14 heavy (non-hydrogen) atoms. The summed E-state index contributed by atoms with van der Waals surface area (Å²) in [6.07, 6.45) is 4.64. The zero-order valence-corrected chi connectivity index (χ0v) is 9.70. The van der Waals surface area contributed by atoms with Crippen molar-refractivity contribution in [3.05, 3.63) is 33.8 Å². The summed E-state index contributed by atoms with van der Waals surface area (Å²) in [4.78, 5) is 0. The first-order chi connectivity index (χ1) is 6.65. The number of allylic oxidation sites excluding steroid dienone is 1. The summed E-state index contributed by atoms with van der Waals surface area (Å²) in [5.41, 5.74) is 6.93. The molecule has 0 unspecified atom stereocenters. The molecule has 1 nitrogen and oxygen atoms in total. The monoisotopic (exact) mass is 249 g/mol. The molecule has 1 aromatic rings. The Morgan fingerprint density at radius 1 is 1.21 bits per heavy atom. The summed E-state index contributed by atoms with van der Waals surface area (Å²) in [6.45, 7) is 0. The lowest BCUT2D eigenvalue weighted by atomic mass is 10.2. The van der Waals surface area contributed by atoms with Gasteiger partial charge in [0.2, 0.25) is 0 Å². The van der Waals surface area contributed by atoms with Crippen LogP contribution in [0.1, 0.15) is 12.0 Å². The average molecular weight is 251 g/mol. The molecule has 0 amide bonds. The van der Waals surface area contributed by atoms with E-state index in [1.165, 1.54) is 0 Å². The highest BCUT2D eigenvalue weighted by atomic mass is 35.5. The molecular formula is C10H10Cl3N. The molecule has 0 atom stereocenters. The minimum Gasteiger partial charge on any atom is -0.397 e. The third-order valence-electron chi connectivity index (χ3n) is 1.69. The third kappa shape index (κ3) is 3.09. The van der Waals surface area contributed by atoms with Crippen LogP contribution in [-0.2, 0) is 0 Å². The Morgan fingerprint density at radius 3 is 2.57 bits per heavy atom. The second-order valence-corrected chi connectivity index (χ2v) is 3.97. The number of nitrogen functional groups attached to an aromatic ring is 1. The molecule has 0 aliphatic heterocycles. The lowest BCUT2D eigenvalue weighted by Crippen LogP contribution is -1.87. The van der Waals surface area contributed by atoms with E-state index < -0.39 is 0 Å². The molecule has 0 heterocycles. The van der Waals surface area contributed by atoms with Crippen molar-refractivity contribution < 1.29 is 0 Å². The Balaban J connectivity index is 2.92. The Labute approximate surface area is 98.5 Å². The maximum absolute atomic E-state index is 5.96. The van der Waals surface area contributed by atoms with Crippen molar-refractivity contribution in [3.8, 4) is 0 Å². The molecule has 0 aromatic heterocycles. The van der Waals surface area contributed by atoms with Crippen LogP contribution in [0.5, 0.6) is 0 Å². The van der Waals surface area contributed by atoms with Gasteiger partial charge in [0, 0.05) is 10.9 Å². The predicted octanol–water partition coefficient (Wildman–Crippen LogP) is 4.22. The van der Waals surface area contributed by atoms with E-state index >= 15 is 0 Å². The van der Waals surface area contributed by atoms with Crippen LogP contribution in [-0.4, -0.2) is 5.88 Å². The summed E-state index contributed by atoms with van der Waals surface area (Å²) in [6, 6.07) is 3.38. The topological polar surface area (TPSA) is 26.0 Å². The number of rotatable bonds is 3. The van der Waals surface area contributed by atoms with Crippen LogP contribution in [0.4, 0.5) is 5.69 Å². The number of benzene rings is 1. The Kier molecular flexibility index (Phi) is 4.59. The van der Waals surface area contributed by atoms with Gasteiger partial charge >= 0.3 is 0 Å². The number of nitrogens with two attached hydrogens (primary N) is 1. The van der Waals surface area contributed by atoms with Crippen molar-refractivity contribution in [3.63, 3.8) is 0 Å². The Hall–Kier alpha value is -0.370. The van der Waals surface area contributed by atoms with E-state index in [1.807, 2.05) is 12.2 Å². The Bertz CT molecular complexity index is 347. The second kappa shape index (κ2) is 5.50. The highest BCUT2D eigenvalue weighted by Gasteiger charge is 2.01. The molecule has 0 fully saturated rings. The van der Waals surface area contributed by atoms with Crippen molar-refractivity contribution in [1.82, 2.24) is 0 Å². The van der Waals surface area contributed by atoms with Crippen molar-refractivity contribution >= 4 is 46.6 Å². The number of anilines is 1. The van der Waals surface area contributed by atoms with Gasteiger partial charge in [0.25, 0.3) is 0 Å². The molecule has 0 aliphatic rings. The van der Waals surface area contributed by atoms with Gasteiger partial charge in [-0.2, -0.15) is 0 Å². The SMILES string of the molecule is Nc1cc(Cl)c(C=CCCCl)cc1Cl. The molecule has 0 aliphatic carbocycles. The van der Waals surface area contributed by atoms with E-state index in [0.717, 1.165) is 12.0 Å². The highest BCUT2D eigenvalue weighted by molar-refractivity contribution is 6.36. The maximum Gasteiger partial charge on any atom is 0.0642 e. The fourth-order valence-corrected chi connectivity index (χ4v) is 1.51. The summed E-state index contributed by atoms with van der Waals surface area (Å²) < 4.78 is 0. The van der Waals surface area contributed by atoms with E-state index in [-0.39, 0.29) is 0 Å². The van der Waals surface area contributed by atoms with E-state index in [1.54, 1.807) is 12.1 Å². The van der Waals surface area contributed by atoms with E-state index in [4.69, 9.17) is 40.5 Å². The van der Waals surface area contributed by atoms with Gasteiger partial charge in [-0.1, -0.05) is 35.4 Å². The maximum atomic E-state index is 5.96. The van der Waals surface area contributed by atoms with Crippen LogP contribution in [0.25, 0.3) is 6.08 Å². The summed E-state index contributed by atoms with van der Waals surface area (Å²) in [5.74, 6) is 0.594. The van der Waals surface area contributed by atoms with Crippen LogP contribution in [0, 0.1) is 0 Å². The average Bonchev–Trinajstić information content (AvgIpc) is 2.14. The van der Waals surface area contributed by atoms with Crippen LogP contribution in [0.3, 0.4) is 0 Å². The summed E-state index contributed by atoms with van der Waals surface area (Å²) in [5, 5.41) is 1.11. The van der Waals surface area contributed by atoms with Crippen molar-refractivity contribution in [1.29, 1.82) is 0 Å². The fourth-order valence-electron chi connectivity index (χ4n) is 0.979. The lowest BCUT2D eigenvalue weighted by molar-refractivity contribution is 1.24. The number of halogens is 3. The molecule has 0 spiro atoms. The van der Waals surface area contributed by atoms with Gasteiger partial charge in [0.1, 0.15) is 0 Å². The van der Waals surface area contributed by atoms with Gasteiger partial charge in [-0.15, -0.1) is 11.6 Å². The van der Waals surface area contributed by atoms with Gasteiger partial charge in [-0.05, 0) is 24.1 Å². The lowest BCUT2D eigenvalue weighted by Gasteiger charge is -2.02. The van der Waals surface area contributed by atoms with Crippen molar-refractivity contribution in [2.75, 3.05) is 11.6 Å². The number of hydrogen-bond acceptors (Lipinski definition) is 1. The first-order valence-corrected chi connectivity index (χ1v) is 5.41. The van der Waals surface area contributed by atoms with E-state index in [0.29, 0.717) is 21.6 Å². The molecule has 0 saturated carbocycles. The van der Waals surface area contributed by atoms with Gasteiger partial charge in [0.15, 0.2) is 0 Å². The van der Waals surface area contributed by atoms with Gasteiger partial charge in [-0.25, -0.2) is 0 Å². The third-order valence-corrected chi connectivity index (χ3v) is 2.56. The highest BCUT2D eigenvalue weighted by Crippen LogP contribution is 2.27. The molecule has 0 bridgehead atoms. The van der Waals surface area contributed by atoms with Gasteiger partial charge in [-0.3, -0.25) is 0 Å². The number of alkyl halides is 1. The van der Waals surface area contributed by atoms with E-state index in [9.17, 15) is 0 Å². The molecule has 1 aromatic carbocycles. The van der Waals surface area contributed by atoms with E-state index in [2.05, 4.69) is 0 Å². The standard InChI is InChI=1S/C10H10Cl3N/c11-4-2-1-3-7-5-9(13)10(14)6-8(7)12/h1,3,5-6H,2,4,14H2. The van der Waals surface area contributed by atoms with Gasteiger partial charge in [0.05, 0.1) is 10.7 Å². The zero-order chi connectivity index (χ0) is 10.6. The number of hydrogen-bond donors (Lipinski definition) is 1. The Morgan fingerprint density at radius 2 is 1.93 bits per heavy atom. The fraction of sp³-hybridized carbons (Fsp3) is 0.200. The van der Waals surface area contributed by atoms with Gasteiger partial charge < -0.3 is 5.73 Å². The summed E-state index contributed by atoms with van der Waals surface area (Å²) >= 11 is 17.3. The van der Waals surface area contributed by atoms with Crippen molar-refractivity contribution in [2.24, 2.45) is 0 Å². The normalized spacial score (nSPS) is 11.1. The minimum absolute atomic E-state index is 0.492. The molecule has 4 heteroatoms. The molecule has 1 rings (SSSR count). The smallest absolute Gasteiger partial charge is 0.0642 e. The minimum atomic E-state index is 0.492. The van der Waals surface area contributed by atoms with Crippen LogP contribution in [0.2, 0.25) is 10.0 Å².